The van der Waals surface area contributed by atoms with Gasteiger partial charge in [0, 0.05) is 5.75 Å². The number of nitrogens with one attached hydrogen (secondary N) is 1. The monoisotopic (exact) mass is 404 g/mol. The number of nitrogens with zero attached hydrogens (tertiary/aromatic N) is 3. The van der Waals surface area contributed by atoms with E-state index in [1.165, 1.54) is 35.2 Å². The average molecular weight is 405 g/mol. The number of nitriles is 1. The van der Waals surface area contributed by atoms with Crippen LogP contribution < -0.4 is 5.32 Å². The molecule has 0 atom stereocenters. The van der Waals surface area contributed by atoms with Gasteiger partial charge in [-0.25, -0.2) is 4.39 Å². The lowest BCUT2D eigenvalue weighted by molar-refractivity contribution is 0.102. The lowest BCUT2D eigenvalue weighted by Gasteiger charge is -2.03. The number of thioether (sulfide) groups is 1. The van der Waals surface area contributed by atoms with Crippen LogP contribution in [0.5, 0.6) is 0 Å². The number of carbonyl (C=O) groups is 1. The van der Waals surface area contributed by atoms with E-state index in [1.54, 1.807) is 12.1 Å². The molecule has 0 aliphatic heterocycles. The molecule has 1 heterocycles. The smallest absolute Gasteiger partial charge is 0.259 e. The highest BCUT2D eigenvalue weighted by Gasteiger charge is 2.14. The van der Waals surface area contributed by atoms with Crippen LogP contribution >= 0.6 is 34.7 Å². The first kappa shape index (κ1) is 18.3. The summed E-state index contributed by atoms with van der Waals surface area (Å²) < 4.78 is 13.7. The summed E-state index contributed by atoms with van der Waals surface area (Å²) in [5, 5.41) is 19.7. The number of rotatable bonds is 5. The third-order valence-electron chi connectivity index (χ3n) is 3.25. The molecule has 0 unspecified atom stereocenters. The van der Waals surface area contributed by atoms with E-state index in [-0.39, 0.29) is 10.6 Å². The Bertz CT molecular complexity index is 985. The Balaban J connectivity index is 1.60. The number of carbonyl (C=O) groups excluding carboxylic acids is 1. The Morgan fingerprint density at radius 2 is 2.04 bits per heavy atom. The van der Waals surface area contributed by atoms with E-state index in [0.29, 0.717) is 20.8 Å². The minimum atomic E-state index is -0.510. The Hall–Kier alpha value is -2.47. The Morgan fingerprint density at radius 3 is 2.73 bits per heavy atom. The van der Waals surface area contributed by atoms with E-state index in [0.717, 1.165) is 11.6 Å². The second-order valence-corrected chi connectivity index (χ2v) is 7.66. The molecule has 0 fully saturated rings. The molecule has 0 bridgehead atoms. The van der Waals surface area contributed by atoms with Gasteiger partial charge in [0.15, 0.2) is 4.34 Å². The Labute approximate surface area is 161 Å². The fourth-order valence-electron chi connectivity index (χ4n) is 1.98. The molecular formula is C17H10ClFN4OS2. The summed E-state index contributed by atoms with van der Waals surface area (Å²) >= 11 is 8.58. The molecular weight excluding hydrogens is 395 g/mol. The highest BCUT2D eigenvalue weighted by Crippen LogP contribution is 2.29. The SMILES string of the molecule is N#Cc1ccc(CSc2nnc(NC(=O)c3ccc(F)cc3Cl)s2)cc1. The quantitative estimate of drug-likeness (QED) is 0.490. The molecule has 0 saturated carbocycles. The number of halogens is 2. The fraction of sp³-hybridized carbons (Fsp3) is 0.0588. The van der Waals surface area contributed by atoms with Crippen molar-refractivity contribution in [1.29, 1.82) is 5.26 Å². The van der Waals surface area contributed by atoms with Crippen molar-refractivity contribution in [3.8, 4) is 6.07 Å². The lowest BCUT2D eigenvalue weighted by atomic mass is 10.2. The van der Waals surface area contributed by atoms with Gasteiger partial charge in [-0.3, -0.25) is 10.1 Å². The maximum absolute atomic E-state index is 13.1. The topological polar surface area (TPSA) is 78.7 Å². The fourth-order valence-corrected chi connectivity index (χ4v) is 3.93. The number of aromatic nitrogens is 2. The normalized spacial score (nSPS) is 10.3. The van der Waals surface area contributed by atoms with Crippen molar-refractivity contribution in [2.24, 2.45) is 0 Å². The highest BCUT2D eigenvalue weighted by atomic mass is 35.5. The molecule has 2 aromatic carbocycles. The Morgan fingerprint density at radius 1 is 1.27 bits per heavy atom. The van der Waals surface area contributed by atoms with Crippen LogP contribution in [0.3, 0.4) is 0 Å². The van der Waals surface area contributed by atoms with E-state index in [4.69, 9.17) is 16.9 Å². The van der Waals surface area contributed by atoms with Gasteiger partial charge in [0.25, 0.3) is 5.91 Å². The first-order valence-corrected chi connectivity index (χ1v) is 9.45. The molecule has 0 aliphatic carbocycles. The van der Waals surface area contributed by atoms with Crippen LogP contribution in [0.15, 0.2) is 46.8 Å². The Kier molecular flexibility index (Phi) is 5.83. The molecule has 0 aliphatic rings. The van der Waals surface area contributed by atoms with Crippen molar-refractivity contribution < 1.29 is 9.18 Å². The van der Waals surface area contributed by atoms with E-state index < -0.39 is 11.7 Å². The number of benzene rings is 2. The predicted octanol–water partition coefficient (Wildman–Crippen LogP) is 4.75. The molecule has 1 aromatic heterocycles. The van der Waals surface area contributed by atoms with Crippen molar-refractivity contribution >= 4 is 45.7 Å². The standard InChI is InChI=1S/C17H10ClFN4OS2/c18-14-7-12(19)5-6-13(14)15(24)21-16-22-23-17(26-16)25-9-11-3-1-10(8-20)2-4-11/h1-7H,9H2,(H,21,22,24). The molecule has 3 aromatic rings. The summed E-state index contributed by atoms with van der Waals surface area (Å²) in [5.74, 6) is -0.323. The largest absolute Gasteiger partial charge is 0.296 e. The van der Waals surface area contributed by atoms with Gasteiger partial charge in [0.05, 0.1) is 22.2 Å². The first-order chi connectivity index (χ1) is 12.5. The molecule has 1 N–H and O–H groups in total. The van der Waals surface area contributed by atoms with E-state index in [9.17, 15) is 9.18 Å². The van der Waals surface area contributed by atoms with Crippen LogP contribution in [-0.2, 0) is 5.75 Å². The van der Waals surface area contributed by atoms with Crippen molar-refractivity contribution in [3.63, 3.8) is 0 Å². The molecule has 130 valence electrons. The number of hydrogen-bond acceptors (Lipinski definition) is 6. The molecule has 0 spiro atoms. The summed E-state index contributed by atoms with van der Waals surface area (Å²) in [6.07, 6.45) is 0. The highest BCUT2D eigenvalue weighted by molar-refractivity contribution is 8.00. The van der Waals surface area contributed by atoms with E-state index >= 15 is 0 Å². The second-order valence-electron chi connectivity index (χ2n) is 5.05. The zero-order valence-corrected chi connectivity index (χ0v) is 15.5. The van der Waals surface area contributed by atoms with Crippen LogP contribution in [-0.4, -0.2) is 16.1 Å². The van der Waals surface area contributed by atoms with Gasteiger partial charge in [-0.2, -0.15) is 5.26 Å². The van der Waals surface area contributed by atoms with Gasteiger partial charge in [-0.1, -0.05) is 46.8 Å². The third-order valence-corrected chi connectivity index (χ3v) is 5.60. The molecule has 1 amide bonds. The molecule has 5 nitrogen and oxygen atoms in total. The zero-order chi connectivity index (χ0) is 18.5. The third kappa shape index (κ3) is 4.58. The van der Waals surface area contributed by atoms with Crippen LogP contribution in [0.1, 0.15) is 21.5 Å². The van der Waals surface area contributed by atoms with E-state index in [1.807, 2.05) is 12.1 Å². The van der Waals surface area contributed by atoms with Gasteiger partial charge >= 0.3 is 0 Å². The number of anilines is 1. The first-order valence-electron chi connectivity index (χ1n) is 7.27. The lowest BCUT2D eigenvalue weighted by Crippen LogP contribution is -2.12. The van der Waals surface area contributed by atoms with Crippen LogP contribution in [0.4, 0.5) is 9.52 Å². The summed E-state index contributed by atoms with van der Waals surface area (Å²) in [4.78, 5) is 12.2. The van der Waals surface area contributed by atoms with Crippen LogP contribution in [0.2, 0.25) is 5.02 Å². The molecule has 3 rings (SSSR count). The van der Waals surface area contributed by atoms with Crippen LogP contribution in [0.25, 0.3) is 0 Å². The van der Waals surface area contributed by atoms with Gasteiger partial charge in [-0.05, 0) is 35.9 Å². The molecule has 0 radical (unpaired) electrons. The maximum Gasteiger partial charge on any atom is 0.259 e. The molecule has 26 heavy (non-hydrogen) atoms. The minimum absolute atomic E-state index is 0.0300. The molecule has 0 saturated heterocycles. The van der Waals surface area contributed by atoms with Gasteiger partial charge in [0.1, 0.15) is 5.82 Å². The van der Waals surface area contributed by atoms with E-state index in [2.05, 4.69) is 21.6 Å². The van der Waals surface area contributed by atoms with Crippen molar-refractivity contribution in [3.05, 3.63) is 70.0 Å². The number of hydrogen-bond donors (Lipinski definition) is 1. The average Bonchev–Trinajstić information content (AvgIpc) is 3.07. The molecule has 9 heteroatoms. The second kappa shape index (κ2) is 8.27. The van der Waals surface area contributed by atoms with Gasteiger partial charge < -0.3 is 0 Å². The van der Waals surface area contributed by atoms with Crippen molar-refractivity contribution in [2.75, 3.05) is 5.32 Å². The van der Waals surface area contributed by atoms with Gasteiger partial charge in [-0.15, -0.1) is 10.2 Å². The van der Waals surface area contributed by atoms with Crippen molar-refractivity contribution in [2.45, 2.75) is 10.1 Å². The van der Waals surface area contributed by atoms with Gasteiger partial charge in [0.2, 0.25) is 5.13 Å². The summed E-state index contributed by atoms with van der Waals surface area (Å²) in [7, 11) is 0. The number of amides is 1. The summed E-state index contributed by atoms with van der Waals surface area (Å²) in [6, 6.07) is 12.9. The zero-order valence-electron chi connectivity index (χ0n) is 13.1. The van der Waals surface area contributed by atoms with Crippen molar-refractivity contribution in [1.82, 2.24) is 10.2 Å². The minimum Gasteiger partial charge on any atom is -0.296 e. The summed E-state index contributed by atoms with van der Waals surface area (Å²) in [5.41, 5.74) is 1.82. The maximum atomic E-state index is 13.1. The predicted molar refractivity (Wildman–Crippen MR) is 100.0 cm³/mol. The van der Waals surface area contributed by atoms with Crippen LogP contribution in [0, 0.1) is 17.1 Å². The summed E-state index contributed by atoms with van der Waals surface area (Å²) in [6.45, 7) is 0.